The first-order valence-corrected chi connectivity index (χ1v) is 7.00. The number of carbonyl (C=O) groups excluding carboxylic acids is 1. The number of aliphatic hydroxyl groups is 1. The van der Waals surface area contributed by atoms with E-state index in [1.165, 1.54) is 0 Å². The number of anilines is 1. The van der Waals surface area contributed by atoms with Gasteiger partial charge >= 0.3 is 0 Å². The Morgan fingerprint density at radius 1 is 1.35 bits per heavy atom. The quantitative estimate of drug-likeness (QED) is 0.629. The predicted molar refractivity (Wildman–Crippen MR) is 78.4 cm³/mol. The van der Waals surface area contributed by atoms with Crippen molar-refractivity contribution in [3.8, 4) is 0 Å². The molecule has 3 rings (SSSR count). The molecular formula is C15H19N3O2. The maximum atomic E-state index is 12.4. The highest BCUT2D eigenvalue weighted by Gasteiger charge is 2.25. The molecule has 1 heterocycles. The molecule has 0 spiro atoms. The Balaban J connectivity index is 1.83. The first-order chi connectivity index (χ1) is 9.65. The number of aromatic nitrogens is 1. The Kier molecular flexibility index (Phi) is 3.36. The average Bonchev–Trinajstić information content (AvgIpc) is 2.84. The fourth-order valence-electron chi connectivity index (χ4n) is 2.85. The monoisotopic (exact) mass is 273 g/mol. The van der Waals surface area contributed by atoms with Gasteiger partial charge in [0.1, 0.15) is 0 Å². The fourth-order valence-corrected chi connectivity index (χ4v) is 2.85. The number of amides is 1. The van der Waals surface area contributed by atoms with Gasteiger partial charge in [0.15, 0.2) is 0 Å². The van der Waals surface area contributed by atoms with Crippen LogP contribution in [0.3, 0.4) is 0 Å². The summed E-state index contributed by atoms with van der Waals surface area (Å²) in [6.45, 7) is 0. The van der Waals surface area contributed by atoms with Crippen molar-refractivity contribution >= 4 is 22.5 Å². The molecule has 1 fully saturated rings. The first-order valence-electron chi connectivity index (χ1n) is 7.00. The van der Waals surface area contributed by atoms with Crippen LogP contribution in [0.4, 0.5) is 5.69 Å². The summed E-state index contributed by atoms with van der Waals surface area (Å²) in [5.74, 6) is -0.159. The molecule has 1 aliphatic rings. The molecule has 2 atom stereocenters. The lowest BCUT2D eigenvalue weighted by atomic mass is 9.92. The number of carbonyl (C=O) groups is 1. The predicted octanol–water partition coefficient (Wildman–Crippen LogP) is 1.78. The third kappa shape index (κ3) is 2.36. The van der Waals surface area contributed by atoms with Crippen molar-refractivity contribution in [3.05, 3.63) is 30.0 Å². The average molecular weight is 273 g/mol. The molecule has 0 saturated heterocycles. The Hall–Kier alpha value is -2.01. The van der Waals surface area contributed by atoms with Crippen molar-refractivity contribution in [1.29, 1.82) is 0 Å². The molecule has 1 aromatic carbocycles. The standard InChI is InChI=1S/C15H19N3O2/c16-9-5-6-12-10(7-9)11(8-17-12)15(20)18-13-3-1-2-4-14(13)19/h5-8,13-14,17,19H,1-4,16H2,(H,18,20). The number of hydrogen-bond donors (Lipinski definition) is 4. The van der Waals surface area contributed by atoms with Crippen LogP contribution in [-0.4, -0.2) is 28.1 Å². The number of hydrogen-bond acceptors (Lipinski definition) is 3. The van der Waals surface area contributed by atoms with Gasteiger partial charge in [-0.05, 0) is 31.0 Å². The molecule has 0 radical (unpaired) electrons. The summed E-state index contributed by atoms with van der Waals surface area (Å²) in [5, 5.41) is 13.7. The summed E-state index contributed by atoms with van der Waals surface area (Å²) in [5.41, 5.74) is 7.86. The van der Waals surface area contributed by atoms with Gasteiger partial charge < -0.3 is 21.1 Å². The number of nitrogens with one attached hydrogen (secondary N) is 2. The van der Waals surface area contributed by atoms with E-state index < -0.39 is 6.10 Å². The minimum absolute atomic E-state index is 0.151. The van der Waals surface area contributed by atoms with Crippen LogP contribution >= 0.6 is 0 Å². The normalized spacial score (nSPS) is 22.9. The van der Waals surface area contributed by atoms with E-state index in [0.29, 0.717) is 11.3 Å². The number of nitrogens with two attached hydrogens (primary N) is 1. The topological polar surface area (TPSA) is 91.1 Å². The second-order valence-corrected chi connectivity index (χ2v) is 5.44. The van der Waals surface area contributed by atoms with Gasteiger partial charge in [-0.3, -0.25) is 4.79 Å². The maximum absolute atomic E-state index is 12.4. The molecule has 1 aromatic heterocycles. The minimum atomic E-state index is -0.442. The van der Waals surface area contributed by atoms with Gasteiger partial charge in [-0.2, -0.15) is 0 Å². The number of benzene rings is 1. The van der Waals surface area contributed by atoms with Crippen molar-refractivity contribution in [2.75, 3.05) is 5.73 Å². The van der Waals surface area contributed by atoms with Gasteiger partial charge in [0.05, 0.1) is 17.7 Å². The number of fused-ring (bicyclic) bond motifs is 1. The van der Waals surface area contributed by atoms with Gasteiger partial charge in [-0.25, -0.2) is 0 Å². The molecule has 2 unspecified atom stereocenters. The Bertz CT molecular complexity index is 635. The Morgan fingerprint density at radius 2 is 2.15 bits per heavy atom. The summed E-state index contributed by atoms with van der Waals surface area (Å²) in [6.07, 6.45) is 4.90. The van der Waals surface area contributed by atoms with E-state index in [2.05, 4.69) is 10.3 Å². The van der Waals surface area contributed by atoms with Crippen molar-refractivity contribution < 1.29 is 9.90 Å². The van der Waals surface area contributed by atoms with E-state index in [1.807, 2.05) is 6.07 Å². The van der Waals surface area contributed by atoms with Crippen molar-refractivity contribution in [2.45, 2.75) is 37.8 Å². The first kappa shape index (κ1) is 13.0. The van der Waals surface area contributed by atoms with E-state index in [-0.39, 0.29) is 11.9 Å². The molecular weight excluding hydrogens is 254 g/mol. The van der Waals surface area contributed by atoms with Crippen molar-refractivity contribution in [2.24, 2.45) is 0 Å². The molecule has 0 aliphatic heterocycles. The highest BCUT2D eigenvalue weighted by molar-refractivity contribution is 6.07. The lowest BCUT2D eigenvalue weighted by Crippen LogP contribution is -2.45. The maximum Gasteiger partial charge on any atom is 0.253 e. The molecule has 1 amide bonds. The van der Waals surface area contributed by atoms with Gasteiger partial charge in [0.2, 0.25) is 0 Å². The SMILES string of the molecule is Nc1ccc2[nH]cc(C(=O)NC3CCCCC3O)c2c1. The van der Waals surface area contributed by atoms with Crippen LogP contribution in [0.15, 0.2) is 24.4 Å². The van der Waals surface area contributed by atoms with Gasteiger partial charge in [-0.1, -0.05) is 12.8 Å². The van der Waals surface area contributed by atoms with Gasteiger partial charge in [-0.15, -0.1) is 0 Å². The summed E-state index contributed by atoms with van der Waals surface area (Å²) in [6, 6.07) is 5.29. The lowest BCUT2D eigenvalue weighted by molar-refractivity contribution is 0.0718. The minimum Gasteiger partial charge on any atom is -0.399 e. The number of nitrogen functional groups attached to an aromatic ring is 1. The second kappa shape index (κ2) is 5.17. The Labute approximate surface area is 117 Å². The van der Waals surface area contributed by atoms with E-state index in [1.54, 1.807) is 18.3 Å². The number of aromatic amines is 1. The van der Waals surface area contributed by atoms with Crippen LogP contribution in [0, 0.1) is 0 Å². The van der Waals surface area contributed by atoms with Crippen LogP contribution in [0.2, 0.25) is 0 Å². The third-order valence-corrected chi connectivity index (χ3v) is 4.00. The zero-order chi connectivity index (χ0) is 14.1. The molecule has 5 heteroatoms. The molecule has 5 N–H and O–H groups in total. The van der Waals surface area contributed by atoms with E-state index in [0.717, 1.165) is 36.6 Å². The summed E-state index contributed by atoms with van der Waals surface area (Å²) >= 11 is 0. The number of aliphatic hydroxyl groups excluding tert-OH is 1. The van der Waals surface area contributed by atoms with Crippen LogP contribution < -0.4 is 11.1 Å². The largest absolute Gasteiger partial charge is 0.399 e. The van der Waals surface area contributed by atoms with Crippen LogP contribution in [0.5, 0.6) is 0 Å². The molecule has 1 saturated carbocycles. The molecule has 20 heavy (non-hydrogen) atoms. The molecule has 5 nitrogen and oxygen atoms in total. The highest BCUT2D eigenvalue weighted by atomic mass is 16.3. The third-order valence-electron chi connectivity index (χ3n) is 4.00. The van der Waals surface area contributed by atoms with Gasteiger partial charge in [0.25, 0.3) is 5.91 Å². The zero-order valence-corrected chi connectivity index (χ0v) is 11.2. The van der Waals surface area contributed by atoms with Crippen molar-refractivity contribution in [3.63, 3.8) is 0 Å². The van der Waals surface area contributed by atoms with Crippen LogP contribution in [0.1, 0.15) is 36.0 Å². The van der Waals surface area contributed by atoms with Gasteiger partial charge in [0, 0.05) is 22.8 Å². The molecule has 1 aliphatic carbocycles. The summed E-state index contributed by atoms with van der Waals surface area (Å²) in [7, 11) is 0. The highest BCUT2D eigenvalue weighted by Crippen LogP contribution is 2.23. The Morgan fingerprint density at radius 3 is 2.95 bits per heavy atom. The van der Waals surface area contributed by atoms with Crippen molar-refractivity contribution in [1.82, 2.24) is 10.3 Å². The van der Waals surface area contributed by atoms with E-state index in [9.17, 15) is 9.90 Å². The van der Waals surface area contributed by atoms with E-state index in [4.69, 9.17) is 5.73 Å². The number of H-pyrrole nitrogens is 1. The van der Waals surface area contributed by atoms with Crippen LogP contribution in [-0.2, 0) is 0 Å². The number of rotatable bonds is 2. The van der Waals surface area contributed by atoms with Crippen LogP contribution in [0.25, 0.3) is 10.9 Å². The fraction of sp³-hybridized carbons (Fsp3) is 0.400. The zero-order valence-electron chi connectivity index (χ0n) is 11.2. The molecule has 2 aromatic rings. The molecule has 106 valence electrons. The molecule has 0 bridgehead atoms. The lowest BCUT2D eigenvalue weighted by Gasteiger charge is -2.28. The smallest absolute Gasteiger partial charge is 0.253 e. The summed E-state index contributed by atoms with van der Waals surface area (Å²) < 4.78 is 0. The van der Waals surface area contributed by atoms with E-state index >= 15 is 0 Å². The summed E-state index contributed by atoms with van der Waals surface area (Å²) in [4.78, 5) is 15.4. The second-order valence-electron chi connectivity index (χ2n) is 5.44.